The number of amidine groups is 1. The molecule has 2 aliphatic heterocycles. The maximum Gasteiger partial charge on any atom is 0.286 e. The van der Waals surface area contributed by atoms with Crippen LogP contribution in [0.15, 0.2) is 34.2 Å². The average Bonchev–Trinajstić information content (AvgIpc) is 2.82. The smallest absolute Gasteiger partial charge is 0.286 e. The van der Waals surface area contributed by atoms with Crippen molar-refractivity contribution in [2.45, 2.75) is 26.1 Å². The fourth-order valence-corrected chi connectivity index (χ4v) is 3.52. The van der Waals surface area contributed by atoms with E-state index in [9.17, 15) is 9.90 Å². The summed E-state index contributed by atoms with van der Waals surface area (Å²) in [6.07, 6.45) is 2.07. The molecule has 2 atom stereocenters. The van der Waals surface area contributed by atoms with Crippen molar-refractivity contribution in [3.05, 3.63) is 34.7 Å². The number of aromatic hydroxyl groups is 1. The molecule has 6 heteroatoms. The Kier molecular flexibility index (Phi) is 4.22. The molecule has 116 valence electrons. The molecule has 0 unspecified atom stereocenters. The van der Waals surface area contributed by atoms with Gasteiger partial charge in [0.05, 0.1) is 17.1 Å². The topological polar surface area (TPSA) is 62.1 Å². The van der Waals surface area contributed by atoms with Gasteiger partial charge in [-0.1, -0.05) is 12.1 Å². The summed E-state index contributed by atoms with van der Waals surface area (Å²) >= 11 is 1.40. The summed E-state index contributed by atoms with van der Waals surface area (Å²) in [5.41, 5.74) is 0.869. The third-order valence-corrected chi connectivity index (χ3v) is 4.53. The number of benzene rings is 1. The number of nitrogens with zero attached hydrogens (tertiary/aromatic N) is 2. The first-order chi connectivity index (χ1) is 10.5. The van der Waals surface area contributed by atoms with E-state index in [1.54, 1.807) is 30.3 Å². The average molecular weight is 318 g/mol. The van der Waals surface area contributed by atoms with E-state index < -0.39 is 0 Å². The van der Waals surface area contributed by atoms with Crippen molar-refractivity contribution >= 4 is 28.9 Å². The third kappa shape index (κ3) is 3.34. The van der Waals surface area contributed by atoms with Gasteiger partial charge in [-0.25, -0.2) is 0 Å². The number of amides is 1. The summed E-state index contributed by atoms with van der Waals surface area (Å²) in [5.74, 6) is 0.000607. The molecule has 1 aromatic rings. The van der Waals surface area contributed by atoms with Crippen LogP contribution in [0.2, 0.25) is 0 Å². The summed E-state index contributed by atoms with van der Waals surface area (Å²) in [6, 6.07) is 6.74. The predicted octanol–water partition coefficient (Wildman–Crippen LogP) is 2.47. The van der Waals surface area contributed by atoms with Crippen molar-refractivity contribution in [1.29, 1.82) is 0 Å². The van der Waals surface area contributed by atoms with Crippen LogP contribution in [0.5, 0.6) is 5.75 Å². The second kappa shape index (κ2) is 6.14. The lowest BCUT2D eigenvalue weighted by atomic mass is 10.2. The van der Waals surface area contributed by atoms with E-state index in [0.29, 0.717) is 4.91 Å². The van der Waals surface area contributed by atoms with Crippen LogP contribution in [0.3, 0.4) is 0 Å². The molecule has 0 saturated carbocycles. The van der Waals surface area contributed by atoms with Gasteiger partial charge < -0.3 is 14.7 Å². The lowest BCUT2D eigenvalue weighted by Gasteiger charge is -2.35. The maximum atomic E-state index is 12.1. The summed E-state index contributed by atoms with van der Waals surface area (Å²) in [6.45, 7) is 5.54. The second-order valence-electron chi connectivity index (χ2n) is 5.56. The Labute approximate surface area is 133 Å². The molecule has 2 heterocycles. The summed E-state index contributed by atoms with van der Waals surface area (Å²) in [4.78, 5) is 19.0. The number of thioether (sulfide) groups is 1. The van der Waals surface area contributed by atoms with Crippen molar-refractivity contribution in [1.82, 2.24) is 4.90 Å². The van der Waals surface area contributed by atoms with E-state index in [0.717, 1.165) is 23.8 Å². The van der Waals surface area contributed by atoms with E-state index in [2.05, 4.69) is 9.89 Å². The predicted molar refractivity (Wildman–Crippen MR) is 87.7 cm³/mol. The van der Waals surface area contributed by atoms with Gasteiger partial charge in [0.15, 0.2) is 5.17 Å². The number of hydrogen-bond donors (Lipinski definition) is 1. The molecule has 3 rings (SSSR count). The zero-order valence-corrected chi connectivity index (χ0v) is 13.3. The number of ether oxygens (including phenoxy) is 1. The minimum atomic E-state index is -0.208. The standard InChI is InChI=1S/C16H18N2O3S/c1-10-8-18(9-11(2)21-10)16-17-15(20)14(22-16)7-12-3-5-13(19)6-4-12/h3-7,10-11,19H,8-9H2,1-2H3/b14-7+/t10-,11+. The number of hydrogen-bond acceptors (Lipinski definition) is 5. The Bertz CT molecular complexity index is 629. The summed E-state index contributed by atoms with van der Waals surface area (Å²) < 4.78 is 5.71. The van der Waals surface area contributed by atoms with Crippen molar-refractivity contribution in [2.75, 3.05) is 13.1 Å². The first-order valence-electron chi connectivity index (χ1n) is 7.23. The summed E-state index contributed by atoms with van der Waals surface area (Å²) in [7, 11) is 0. The van der Waals surface area contributed by atoms with Gasteiger partial charge in [0.25, 0.3) is 5.91 Å². The van der Waals surface area contributed by atoms with Crippen LogP contribution >= 0.6 is 11.8 Å². The highest BCUT2D eigenvalue weighted by Crippen LogP contribution is 2.31. The van der Waals surface area contributed by atoms with E-state index in [1.807, 2.05) is 13.8 Å². The lowest BCUT2D eigenvalue weighted by Crippen LogP contribution is -2.47. The molecule has 0 bridgehead atoms. The quantitative estimate of drug-likeness (QED) is 0.806. The minimum Gasteiger partial charge on any atom is -0.508 e. The molecular weight excluding hydrogens is 300 g/mol. The van der Waals surface area contributed by atoms with Crippen LogP contribution in [0.1, 0.15) is 19.4 Å². The Morgan fingerprint density at radius 3 is 2.55 bits per heavy atom. The maximum absolute atomic E-state index is 12.1. The van der Waals surface area contributed by atoms with Crippen LogP contribution in [0.25, 0.3) is 6.08 Å². The fraction of sp³-hybridized carbons (Fsp3) is 0.375. The molecule has 1 N–H and O–H groups in total. The van der Waals surface area contributed by atoms with Gasteiger partial charge in [-0.05, 0) is 49.4 Å². The van der Waals surface area contributed by atoms with Crippen LogP contribution < -0.4 is 0 Å². The van der Waals surface area contributed by atoms with Gasteiger partial charge in [-0.2, -0.15) is 4.99 Å². The third-order valence-electron chi connectivity index (χ3n) is 3.49. The van der Waals surface area contributed by atoms with E-state index in [4.69, 9.17) is 4.74 Å². The number of carbonyl (C=O) groups excluding carboxylic acids is 1. The molecule has 22 heavy (non-hydrogen) atoms. The highest BCUT2D eigenvalue weighted by atomic mass is 32.2. The molecule has 0 radical (unpaired) electrons. The Hall–Kier alpha value is -1.79. The first-order valence-corrected chi connectivity index (χ1v) is 8.05. The highest BCUT2D eigenvalue weighted by molar-refractivity contribution is 8.18. The van der Waals surface area contributed by atoms with Gasteiger partial charge in [0.1, 0.15) is 5.75 Å². The number of morpholine rings is 1. The molecule has 2 aliphatic rings. The molecule has 1 saturated heterocycles. The normalized spacial score (nSPS) is 27.4. The highest BCUT2D eigenvalue weighted by Gasteiger charge is 2.30. The van der Waals surface area contributed by atoms with Crippen LogP contribution in [-0.4, -0.2) is 46.4 Å². The van der Waals surface area contributed by atoms with Gasteiger partial charge in [-0.3, -0.25) is 4.79 Å². The largest absolute Gasteiger partial charge is 0.508 e. The molecule has 0 aliphatic carbocycles. The second-order valence-corrected chi connectivity index (χ2v) is 6.57. The number of carbonyl (C=O) groups is 1. The minimum absolute atomic E-state index is 0.132. The van der Waals surface area contributed by atoms with E-state index in [-0.39, 0.29) is 23.9 Å². The number of phenols is 1. The molecule has 1 amide bonds. The van der Waals surface area contributed by atoms with Crippen LogP contribution in [0, 0.1) is 0 Å². The molecule has 1 fully saturated rings. The fourth-order valence-electron chi connectivity index (χ4n) is 2.59. The number of rotatable bonds is 1. The number of aliphatic imine (C=N–C) groups is 1. The Balaban J connectivity index is 1.74. The summed E-state index contributed by atoms with van der Waals surface area (Å²) in [5, 5.41) is 10.0. The Morgan fingerprint density at radius 1 is 1.27 bits per heavy atom. The first kappa shape index (κ1) is 15.1. The van der Waals surface area contributed by atoms with Gasteiger partial charge in [-0.15, -0.1) is 0 Å². The molecule has 0 spiro atoms. The zero-order chi connectivity index (χ0) is 15.7. The molecule has 0 aromatic heterocycles. The van der Waals surface area contributed by atoms with Crippen LogP contribution in [-0.2, 0) is 9.53 Å². The molecular formula is C16H18N2O3S. The van der Waals surface area contributed by atoms with Crippen molar-refractivity contribution in [2.24, 2.45) is 4.99 Å². The van der Waals surface area contributed by atoms with Crippen LogP contribution in [0.4, 0.5) is 0 Å². The van der Waals surface area contributed by atoms with Crippen molar-refractivity contribution in [3.8, 4) is 5.75 Å². The van der Waals surface area contributed by atoms with Gasteiger partial charge >= 0.3 is 0 Å². The lowest BCUT2D eigenvalue weighted by molar-refractivity contribution is -0.113. The van der Waals surface area contributed by atoms with Crippen molar-refractivity contribution in [3.63, 3.8) is 0 Å². The van der Waals surface area contributed by atoms with Crippen molar-refractivity contribution < 1.29 is 14.6 Å². The van der Waals surface area contributed by atoms with Gasteiger partial charge in [0, 0.05) is 13.1 Å². The Morgan fingerprint density at radius 2 is 1.91 bits per heavy atom. The molecule has 5 nitrogen and oxygen atoms in total. The molecule has 1 aromatic carbocycles. The van der Waals surface area contributed by atoms with E-state index in [1.165, 1.54) is 11.8 Å². The van der Waals surface area contributed by atoms with E-state index >= 15 is 0 Å². The SMILES string of the molecule is C[C@@H]1CN(C2=NC(=O)/C(=C\c3ccc(O)cc3)S2)C[C@H](C)O1. The monoisotopic (exact) mass is 318 g/mol. The number of phenolic OH excluding ortho intramolecular Hbond substituents is 1. The zero-order valence-electron chi connectivity index (χ0n) is 12.5. The van der Waals surface area contributed by atoms with Gasteiger partial charge in [0.2, 0.25) is 0 Å².